The summed E-state index contributed by atoms with van der Waals surface area (Å²) >= 11 is 0. The molecule has 1 aliphatic rings. The number of nitrogens with one attached hydrogen (secondary N) is 2. The minimum Gasteiger partial charge on any atom is -0.497 e. The molecule has 1 aliphatic heterocycles. The Kier molecular flexibility index (Phi) is 8.96. The average molecular weight is 418 g/mol. The van der Waals surface area contributed by atoms with E-state index in [-0.39, 0.29) is 30.6 Å². The summed E-state index contributed by atoms with van der Waals surface area (Å²) in [5, 5.41) is 6.00. The summed E-state index contributed by atoms with van der Waals surface area (Å²) in [4.78, 5) is 27.0. The highest BCUT2D eigenvalue weighted by atomic mass is 35.5. The molecule has 1 heterocycles. The summed E-state index contributed by atoms with van der Waals surface area (Å²) in [6.07, 6.45) is 1.97. The molecule has 2 N–H and O–H groups in total. The maximum atomic E-state index is 12.7. The standard InChI is InChI=1S/C22H27N3O3.ClH/c1-28-19-11-5-10-18(15-19)24-21(26)16-20-22(27)25(14-12-23-20)13-6-9-17-7-3-2-4-8-17;/h2-5,7-8,10-11,15,20,23H,6,9,12-14,16H2,1H3,(H,24,26);1H. The molecule has 2 amide bonds. The second kappa shape index (κ2) is 11.4. The molecule has 0 aliphatic carbocycles. The van der Waals surface area contributed by atoms with Gasteiger partial charge in [0.15, 0.2) is 0 Å². The van der Waals surface area contributed by atoms with Crippen molar-refractivity contribution in [2.45, 2.75) is 25.3 Å². The number of anilines is 1. The third-order valence-electron chi connectivity index (χ3n) is 4.86. The van der Waals surface area contributed by atoms with Gasteiger partial charge in [-0.05, 0) is 30.5 Å². The smallest absolute Gasteiger partial charge is 0.240 e. The number of benzene rings is 2. The molecule has 0 radical (unpaired) electrons. The number of rotatable bonds is 8. The Morgan fingerprint density at radius 2 is 2.00 bits per heavy atom. The summed E-state index contributed by atoms with van der Waals surface area (Å²) in [5.74, 6) is 0.486. The highest BCUT2D eigenvalue weighted by molar-refractivity contribution is 5.95. The van der Waals surface area contributed by atoms with Crippen LogP contribution in [0.25, 0.3) is 0 Å². The van der Waals surface area contributed by atoms with Crippen molar-refractivity contribution >= 4 is 29.9 Å². The molecular formula is C22H28ClN3O3. The lowest BCUT2D eigenvalue weighted by molar-refractivity contribution is -0.137. The van der Waals surface area contributed by atoms with Gasteiger partial charge in [-0.15, -0.1) is 12.4 Å². The Labute approximate surface area is 178 Å². The van der Waals surface area contributed by atoms with Crippen LogP contribution in [-0.4, -0.2) is 49.5 Å². The molecule has 0 aromatic heterocycles. The van der Waals surface area contributed by atoms with Crippen molar-refractivity contribution < 1.29 is 14.3 Å². The first-order chi connectivity index (χ1) is 13.7. The molecule has 1 fully saturated rings. The first-order valence-corrected chi connectivity index (χ1v) is 9.65. The van der Waals surface area contributed by atoms with Crippen LogP contribution in [0, 0.1) is 0 Å². The number of hydrogen-bond acceptors (Lipinski definition) is 4. The quantitative estimate of drug-likeness (QED) is 0.692. The average Bonchev–Trinajstić information content (AvgIpc) is 2.71. The van der Waals surface area contributed by atoms with E-state index in [4.69, 9.17) is 4.74 Å². The van der Waals surface area contributed by atoms with Gasteiger partial charge in [0.1, 0.15) is 5.75 Å². The number of halogens is 1. The van der Waals surface area contributed by atoms with Gasteiger partial charge in [0.2, 0.25) is 11.8 Å². The number of hydrogen-bond donors (Lipinski definition) is 2. The van der Waals surface area contributed by atoms with Crippen molar-refractivity contribution in [1.82, 2.24) is 10.2 Å². The van der Waals surface area contributed by atoms with Crippen LogP contribution in [0.4, 0.5) is 5.69 Å². The molecular weight excluding hydrogens is 390 g/mol. The molecule has 3 rings (SSSR count). The largest absolute Gasteiger partial charge is 0.497 e. The van der Waals surface area contributed by atoms with Gasteiger partial charge in [-0.1, -0.05) is 36.4 Å². The van der Waals surface area contributed by atoms with Crippen molar-refractivity contribution in [3.63, 3.8) is 0 Å². The van der Waals surface area contributed by atoms with E-state index in [0.717, 1.165) is 12.8 Å². The Morgan fingerprint density at radius 3 is 2.76 bits per heavy atom. The molecule has 1 atom stereocenters. The topological polar surface area (TPSA) is 70.7 Å². The highest BCUT2D eigenvalue weighted by Crippen LogP contribution is 2.17. The summed E-state index contributed by atoms with van der Waals surface area (Å²) in [6.45, 7) is 2.10. The minimum absolute atomic E-state index is 0. The monoisotopic (exact) mass is 417 g/mol. The zero-order valence-corrected chi connectivity index (χ0v) is 17.4. The van der Waals surface area contributed by atoms with Crippen molar-refractivity contribution in [2.24, 2.45) is 0 Å². The number of carbonyl (C=O) groups is 2. The molecule has 0 bridgehead atoms. The normalized spacial score (nSPS) is 16.1. The molecule has 156 valence electrons. The lowest BCUT2D eigenvalue weighted by Crippen LogP contribution is -2.56. The maximum Gasteiger partial charge on any atom is 0.240 e. The SMILES string of the molecule is COc1cccc(NC(=O)CC2NCCN(CCCc3ccccc3)C2=O)c1.Cl. The van der Waals surface area contributed by atoms with E-state index < -0.39 is 6.04 Å². The van der Waals surface area contributed by atoms with Crippen LogP contribution in [0.5, 0.6) is 5.75 Å². The Bertz CT molecular complexity index is 801. The predicted octanol–water partition coefficient (Wildman–Crippen LogP) is 2.88. The second-order valence-corrected chi connectivity index (χ2v) is 6.91. The van der Waals surface area contributed by atoms with Crippen LogP contribution < -0.4 is 15.4 Å². The van der Waals surface area contributed by atoms with E-state index in [1.165, 1.54) is 5.56 Å². The molecule has 0 spiro atoms. The van der Waals surface area contributed by atoms with Crippen LogP contribution >= 0.6 is 12.4 Å². The lowest BCUT2D eigenvalue weighted by Gasteiger charge is -2.33. The predicted molar refractivity (Wildman–Crippen MR) is 117 cm³/mol. The lowest BCUT2D eigenvalue weighted by atomic mass is 10.1. The summed E-state index contributed by atoms with van der Waals surface area (Å²) < 4.78 is 5.16. The van der Waals surface area contributed by atoms with Crippen LogP contribution in [0.2, 0.25) is 0 Å². The summed E-state index contributed by atoms with van der Waals surface area (Å²) in [5.41, 5.74) is 1.94. The highest BCUT2D eigenvalue weighted by Gasteiger charge is 2.29. The van der Waals surface area contributed by atoms with Gasteiger partial charge in [-0.3, -0.25) is 9.59 Å². The van der Waals surface area contributed by atoms with Gasteiger partial charge in [-0.2, -0.15) is 0 Å². The van der Waals surface area contributed by atoms with E-state index in [9.17, 15) is 9.59 Å². The Hall–Kier alpha value is -2.57. The molecule has 2 aromatic rings. The van der Waals surface area contributed by atoms with Gasteiger partial charge in [0.25, 0.3) is 0 Å². The number of methoxy groups -OCH3 is 1. The van der Waals surface area contributed by atoms with E-state index in [1.54, 1.807) is 19.2 Å². The van der Waals surface area contributed by atoms with Gasteiger partial charge in [0.05, 0.1) is 19.6 Å². The molecule has 2 aromatic carbocycles. The number of piperazine rings is 1. The Balaban J connectivity index is 0.00000300. The first kappa shape index (κ1) is 22.7. The zero-order valence-electron chi connectivity index (χ0n) is 16.6. The van der Waals surface area contributed by atoms with Gasteiger partial charge in [-0.25, -0.2) is 0 Å². The van der Waals surface area contributed by atoms with Crippen LogP contribution in [0.3, 0.4) is 0 Å². The number of ether oxygens (including phenoxy) is 1. The van der Waals surface area contributed by atoms with Crippen LogP contribution in [0.15, 0.2) is 54.6 Å². The first-order valence-electron chi connectivity index (χ1n) is 9.65. The van der Waals surface area contributed by atoms with Gasteiger partial charge in [0, 0.05) is 31.4 Å². The fourth-order valence-corrected chi connectivity index (χ4v) is 3.39. The molecule has 6 nitrogen and oxygen atoms in total. The van der Waals surface area contributed by atoms with E-state index in [1.807, 2.05) is 35.2 Å². The van der Waals surface area contributed by atoms with Crippen molar-refractivity contribution in [3.8, 4) is 5.75 Å². The number of carbonyl (C=O) groups excluding carboxylic acids is 2. The molecule has 0 saturated carbocycles. The second-order valence-electron chi connectivity index (χ2n) is 6.91. The molecule has 7 heteroatoms. The van der Waals surface area contributed by atoms with Crippen molar-refractivity contribution in [3.05, 3.63) is 60.2 Å². The maximum absolute atomic E-state index is 12.7. The zero-order chi connectivity index (χ0) is 19.8. The van der Waals surface area contributed by atoms with E-state index in [0.29, 0.717) is 31.1 Å². The summed E-state index contributed by atoms with van der Waals surface area (Å²) in [7, 11) is 1.58. The fraction of sp³-hybridized carbons (Fsp3) is 0.364. The third kappa shape index (κ3) is 6.76. The van der Waals surface area contributed by atoms with Crippen LogP contribution in [-0.2, 0) is 16.0 Å². The number of nitrogens with zero attached hydrogens (tertiary/aromatic N) is 1. The van der Waals surface area contributed by atoms with Gasteiger partial charge >= 0.3 is 0 Å². The third-order valence-corrected chi connectivity index (χ3v) is 4.86. The van der Waals surface area contributed by atoms with Crippen molar-refractivity contribution in [2.75, 3.05) is 32.1 Å². The summed E-state index contributed by atoms with van der Waals surface area (Å²) in [6, 6.07) is 17.0. The molecule has 1 saturated heterocycles. The van der Waals surface area contributed by atoms with E-state index in [2.05, 4.69) is 22.8 Å². The van der Waals surface area contributed by atoms with Gasteiger partial charge < -0.3 is 20.3 Å². The fourth-order valence-electron chi connectivity index (χ4n) is 3.39. The number of amides is 2. The van der Waals surface area contributed by atoms with Crippen molar-refractivity contribution in [1.29, 1.82) is 0 Å². The van der Waals surface area contributed by atoms with E-state index >= 15 is 0 Å². The minimum atomic E-state index is -0.476. The Morgan fingerprint density at radius 1 is 1.21 bits per heavy atom. The molecule has 29 heavy (non-hydrogen) atoms. The van der Waals surface area contributed by atoms with Crippen LogP contribution in [0.1, 0.15) is 18.4 Å². The molecule has 1 unspecified atom stereocenters. The number of aryl methyl sites for hydroxylation is 1.